The Balaban J connectivity index is 1.95. The molecule has 0 aliphatic carbocycles. The second kappa shape index (κ2) is 5.86. The summed E-state index contributed by atoms with van der Waals surface area (Å²) in [6.45, 7) is 3.84. The zero-order valence-corrected chi connectivity index (χ0v) is 12.3. The molecule has 0 saturated heterocycles. The van der Waals surface area contributed by atoms with Gasteiger partial charge in [-0.15, -0.1) is 0 Å². The Kier molecular flexibility index (Phi) is 3.95. The zero-order valence-electron chi connectivity index (χ0n) is 11.5. The highest BCUT2D eigenvalue weighted by atomic mass is 35.5. The van der Waals surface area contributed by atoms with E-state index in [2.05, 4.69) is 42.6 Å². The van der Waals surface area contributed by atoms with Crippen LogP contribution in [-0.2, 0) is 6.42 Å². The van der Waals surface area contributed by atoms with Crippen molar-refractivity contribution in [2.24, 2.45) is 0 Å². The van der Waals surface area contributed by atoms with Crippen LogP contribution in [0.15, 0.2) is 42.5 Å². The molecule has 0 amide bonds. The molecule has 2 nitrogen and oxygen atoms in total. The molecule has 0 saturated carbocycles. The summed E-state index contributed by atoms with van der Waals surface area (Å²) in [6, 6.07) is 14.7. The first-order chi connectivity index (χ1) is 9.78. The lowest BCUT2D eigenvalue weighted by Crippen LogP contribution is -2.22. The molecular weight excluding hydrogens is 270 g/mol. The summed E-state index contributed by atoms with van der Waals surface area (Å²) >= 11 is 5.98. The summed E-state index contributed by atoms with van der Waals surface area (Å²) in [5, 5.41) is 4.31. The summed E-state index contributed by atoms with van der Waals surface area (Å²) in [7, 11) is 0. The van der Waals surface area contributed by atoms with Gasteiger partial charge >= 0.3 is 0 Å². The predicted molar refractivity (Wildman–Crippen MR) is 82.6 cm³/mol. The molecule has 1 atom stereocenters. The molecule has 2 aromatic rings. The lowest BCUT2D eigenvalue weighted by molar-refractivity contribution is 0.357. The fourth-order valence-corrected chi connectivity index (χ4v) is 2.80. The van der Waals surface area contributed by atoms with E-state index >= 15 is 0 Å². The van der Waals surface area contributed by atoms with Gasteiger partial charge in [0.25, 0.3) is 0 Å². The molecule has 1 aliphatic rings. The molecule has 0 aromatic heterocycles. The van der Waals surface area contributed by atoms with E-state index < -0.39 is 0 Å². The summed E-state index contributed by atoms with van der Waals surface area (Å²) in [4.78, 5) is 0. The van der Waals surface area contributed by atoms with Crippen LogP contribution in [-0.4, -0.2) is 13.2 Å². The van der Waals surface area contributed by atoms with Crippen molar-refractivity contribution in [2.75, 3.05) is 13.2 Å². The molecule has 0 radical (unpaired) electrons. The molecule has 0 spiro atoms. The van der Waals surface area contributed by atoms with E-state index in [0.29, 0.717) is 0 Å². The molecule has 104 valence electrons. The van der Waals surface area contributed by atoms with Crippen LogP contribution in [0.25, 0.3) is 0 Å². The van der Waals surface area contributed by atoms with E-state index in [1.165, 1.54) is 16.7 Å². The maximum Gasteiger partial charge on any atom is 0.122 e. The first kappa shape index (κ1) is 13.5. The molecule has 2 aromatic carbocycles. The first-order valence-corrected chi connectivity index (χ1v) is 7.40. The first-order valence-electron chi connectivity index (χ1n) is 7.02. The van der Waals surface area contributed by atoms with Gasteiger partial charge in [-0.05, 0) is 41.4 Å². The van der Waals surface area contributed by atoms with E-state index in [9.17, 15) is 0 Å². The van der Waals surface area contributed by atoms with E-state index in [-0.39, 0.29) is 6.04 Å². The third-order valence-corrected chi connectivity index (χ3v) is 3.91. The van der Waals surface area contributed by atoms with Crippen LogP contribution in [0.1, 0.15) is 29.7 Å². The minimum absolute atomic E-state index is 0.197. The van der Waals surface area contributed by atoms with Crippen LogP contribution in [0.4, 0.5) is 0 Å². The predicted octanol–water partition coefficient (Wildman–Crippen LogP) is 3.97. The van der Waals surface area contributed by atoms with Crippen molar-refractivity contribution in [3.05, 3.63) is 64.2 Å². The smallest absolute Gasteiger partial charge is 0.122 e. The van der Waals surface area contributed by atoms with Crippen molar-refractivity contribution < 1.29 is 4.74 Å². The van der Waals surface area contributed by atoms with Crippen LogP contribution < -0.4 is 10.1 Å². The SMILES string of the molecule is CCNC(c1ccc(Cl)cc1)c1ccc2c(c1)CCO2. The van der Waals surface area contributed by atoms with Gasteiger partial charge in [0.2, 0.25) is 0 Å². The summed E-state index contributed by atoms with van der Waals surface area (Å²) in [5.74, 6) is 1.03. The minimum atomic E-state index is 0.197. The average molecular weight is 288 g/mol. The van der Waals surface area contributed by atoms with E-state index in [4.69, 9.17) is 16.3 Å². The van der Waals surface area contributed by atoms with E-state index in [1.54, 1.807) is 0 Å². The van der Waals surface area contributed by atoms with Crippen LogP contribution in [0.5, 0.6) is 5.75 Å². The highest BCUT2D eigenvalue weighted by Gasteiger charge is 2.17. The molecule has 1 unspecified atom stereocenters. The Labute approximate surface area is 124 Å². The topological polar surface area (TPSA) is 21.3 Å². The highest BCUT2D eigenvalue weighted by Crippen LogP contribution is 2.30. The summed E-state index contributed by atoms with van der Waals surface area (Å²) in [5.41, 5.74) is 3.81. The Hall–Kier alpha value is -1.51. The molecule has 1 heterocycles. The monoisotopic (exact) mass is 287 g/mol. The van der Waals surface area contributed by atoms with Crippen LogP contribution in [0, 0.1) is 0 Å². The molecular formula is C17H18ClNO. The van der Waals surface area contributed by atoms with Gasteiger partial charge in [0.05, 0.1) is 12.6 Å². The molecule has 0 bridgehead atoms. The third kappa shape index (κ3) is 2.67. The number of hydrogen-bond donors (Lipinski definition) is 1. The number of halogens is 1. The lowest BCUT2D eigenvalue weighted by Gasteiger charge is -2.19. The number of fused-ring (bicyclic) bond motifs is 1. The van der Waals surface area contributed by atoms with Gasteiger partial charge in [-0.1, -0.05) is 42.8 Å². The number of rotatable bonds is 4. The van der Waals surface area contributed by atoms with Crippen molar-refractivity contribution in [1.29, 1.82) is 0 Å². The molecule has 20 heavy (non-hydrogen) atoms. The second-order valence-corrected chi connectivity index (χ2v) is 5.44. The van der Waals surface area contributed by atoms with Crippen LogP contribution >= 0.6 is 11.6 Å². The number of nitrogens with one attached hydrogen (secondary N) is 1. The minimum Gasteiger partial charge on any atom is -0.493 e. The zero-order chi connectivity index (χ0) is 13.9. The maximum absolute atomic E-state index is 5.98. The standard InChI is InChI=1S/C17H18ClNO/c1-2-19-17(12-3-6-15(18)7-4-12)14-5-8-16-13(11-14)9-10-20-16/h3-8,11,17,19H,2,9-10H2,1H3. The largest absolute Gasteiger partial charge is 0.493 e. The molecule has 3 heteroatoms. The van der Waals surface area contributed by atoms with Crippen molar-refractivity contribution in [3.63, 3.8) is 0 Å². The van der Waals surface area contributed by atoms with E-state index in [0.717, 1.165) is 30.3 Å². The Morgan fingerprint density at radius 2 is 1.90 bits per heavy atom. The van der Waals surface area contributed by atoms with Gasteiger partial charge in [-0.25, -0.2) is 0 Å². The Bertz CT molecular complexity index is 594. The van der Waals surface area contributed by atoms with Crippen molar-refractivity contribution in [3.8, 4) is 5.75 Å². The third-order valence-electron chi connectivity index (χ3n) is 3.66. The van der Waals surface area contributed by atoms with Crippen molar-refractivity contribution in [2.45, 2.75) is 19.4 Å². The average Bonchev–Trinajstić information content (AvgIpc) is 2.93. The van der Waals surface area contributed by atoms with Crippen LogP contribution in [0.3, 0.4) is 0 Å². The Morgan fingerprint density at radius 1 is 1.15 bits per heavy atom. The summed E-state index contributed by atoms with van der Waals surface area (Å²) in [6.07, 6.45) is 1.00. The fraction of sp³-hybridized carbons (Fsp3) is 0.294. The maximum atomic E-state index is 5.98. The number of hydrogen-bond acceptors (Lipinski definition) is 2. The van der Waals surface area contributed by atoms with Crippen molar-refractivity contribution in [1.82, 2.24) is 5.32 Å². The quantitative estimate of drug-likeness (QED) is 0.918. The van der Waals surface area contributed by atoms with Gasteiger partial charge in [0.1, 0.15) is 5.75 Å². The highest BCUT2D eigenvalue weighted by molar-refractivity contribution is 6.30. The second-order valence-electron chi connectivity index (χ2n) is 5.01. The van der Waals surface area contributed by atoms with Gasteiger partial charge < -0.3 is 10.1 Å². The van der Waals surface area contributed by atoms with Gasteiger partial charge in [0.15, 0.2) is 0 Å². The van der Waals surface area contributed by atoms with Crippen LogP contribution in [0.2, 0.25) is 5.02 Å². The fourth-order valence-electron chi connectivity index (χ4n) is 2.67. The lowest BCUT2D eigenvalue weighted by atomic mass is 9.96. The van der Waals surface area contributed by atoms with Gasteiger partial charge in [-0.3, -0.25) is 0 Å². The normalized spacial score (nSPS) is 14.7. The number of ether oxygens (including phenoxy) is 1. The van der Waals surface area contributed by atoms with Crippen molar-refractivity contribution >= 4 is 11.6 Å². The number of benzene rings is 2. The van der Waals surface area contributed by atoms with E-state index in [1.807, 2.05) is 12.1 Å². The molecule has 0 fully saturated rings. The van der Waals surface area contributed by atoms with Gasteiger partial charge in [0, 0.05) is 11.4 Å². The van der Waals surface area contributed by atoms with Gasteiger partial charge in [-0.2, -0.15) is 0 Å². The summed E-state index contributed by atoms with van der Waals surface area (Å²) < 4.78 is 5.58. The molecule has 1 aliphatic heterocycles. The molecule has 1 N–H and O–H groups in total. The Morgan fingerprint density at radius 3 is 2.65 bits per heavy atom. The molecule has 3 rings (SSSR count).